The topological polar surface area (TPSA) is 63.2 Å². The summed E-state index contributed by atoms with van der Waals surface area (Å²) in [4.78, 5) is 15.8. The molecule has 0 bridgehead atoms. The molecule has 0 fully saturated rings. The molecule has 2 N–H and O–H groups in total. The Kier molecular flexibility index (Phi) is 5.62. The molecule has 0 saturated heterocycles. The van der Waals surface area contributed by atoms with Crippen molar-refractivity contribution in [3.05, 3.63) is 66.0 Å². The first-order valence-corrected chi connectivity index (χ1v) is 6.78. The summed E-state index contributed by atoms with van der Waals surface area (Å²) in [6.07, 6.45) is 4.76. The molecule has 0 aliphatic carbocycles. The van der Waals surface area contributed by atoms with E-state index in [-0.39, 0.29) is 11.7 Å². The Morgan fingerprint density at radius 2 is 1.91 bits per heavy atom. The van der Waals surface area contributed by atoms with Crippen molar-refractivity contribution in [2.24, 2.45) is 0 Å². The highest BCUT2D eigenvalue weighted by molar-refractivity contribution is 5.94. The fraction of sp³-hybridized carbons (Fsp3) is 0.125. The molecule has 23 heavy (non-hydrogen) atoms. The van der Waals surface area contributed by atoms with Crippen LogP contribution in [0.15, 0.2) is 54.9 Å². The van der Waals surface area contributed by atoms with Crippen LogP contribution in [0.2, 0.25) is 0 Å². The van der Waals surface area contributed by atoms with Gasteiger partial charge in [-0.25, -0.2) is 0 Å². The Bertz CT molecular complexity index is 673. The average Bonchev–Trinajstić information content (AvgIpc) is 2.57. The molecule has 5 nitrogen and oxygen atoms in total. The van der Waals surface area contributed by atoms with Crippen molar-refractivity contribution in [3.8, 4) is 5.75 Å². The van der Waals surface area contributed by atoms with Crippen molar-refractivity contribution in [2.75, 3.05) is 0 Å². The summed E-state index contributed by atoms with van der Waals surface area (Å²) in [6.45, 7) is -1.08. The molecule has 0 spiro atoms. The first kappa shape index (κ1) is 16.4. The van der Waals surface area contributed by atoms with Gasteiger partial charge < -0.3 is 4.74 Å². The highest BCUT2D eigenvalue weighted by Gasteiger charge is 2.08. The monoisotopic (exact) mass is 319 g/mol. The second kappa shape index (κ2) is 7.88. The SMILES string of the molecule is C/C=C(/NNC(=O)c1cccnc1)c1ccc(OC(F)F)cc1. The number of ether oxygens (including phenoxy) is 1. The van der Waals surface area contributed by atoms with Crippen LogP contribution >= 0.6 is 0 Å². The van der Waals surface area contributed by atoms with Crippen LogP contribution in [0.3, 0.4) is 0 Å². The van der Waals surface area contributed by atoms with E-state index in [1.165, 1.54) is 18.3 Å². The number of alkyl halides is 2. The lowest BCUT2D eigenvalue weighted by atomic mass is 10.1. The van der Waals surface area contributed by atoms with Crippen molar-refractivity contribution < 1.29 is 18.3 Å². The largest absolute Gasteiger partial charge is 0.435 e. The number of hydrogen-bond acceptors (Lipinski definition) is 4. The number of hydrogen-bond donors (Lipinski definition) is 2. The van der Waals surface area contributed by atoms with E-state index in [1.807, 2.05) is 0 Å². The van der Waals surface area contributed by atoms with E-state index in [0.29, 0.717) is 16.8 Å². The number of nitrogens with zero attached hydrogens (tertiary/aromatic N) is 1. The fourth-order valence-corrected chi connectivity index (χ4v) is 1.82. The molecule has 1 amide bonds. The van der Waals surface area contributed by atoms with Crippen molar-refractivity contribution in [1.82, 2.24) is 15.8 Å². The van der Waals surface area contributed by atoms with Crippen LogP contribution in [0.4, 0.5) is 8.78 Å². The Balaban J connectivity index is 1.99. The molecular formula is C16H15F2N3O2. The molecule has 0 unspecified atom stereocenters. The first-order chi connectivity index (χ1) is 11.1. The number of carbonyl (C=O) groups is 1. The van der Waals surface area contributed by atoms with Gasteiger partial charge in [0.1, 0.15) is 5.75 Å². The van der Waals surface area contributed by atoms with E-state index in [2.05, 4.69) is 20.6 Å². The summed E-state index contributed by atoms with van der Waals surface area (Å²) >= 11 is 0. The Morgan fingerprint density at radius 1 is 1.17 bits per heavy atom. The summed E-state index contributed by atoms with van der Waals surface area (Å²) in [5.41, 5.74) is 7.07. The molecule has 0 atom stereocenters. The lowest BCUT2D eigenvalue weighted by Gasteiger charge is -2.13. The van der Waals surface area contributed by atoms with E-state index < -0.39 is 6.61 Å². The number of nitrogens with one attached hydrogen (secondary N) is 2. The minimum atomic E-state index is -2.86. The zero-order valence-electron chi connectivity index (χ0n) is 12.3. The van der Waals surface area contributed by atoms with Gasteiger partial charge >= 0.3 is 6.61 Å². The number of amides is 1. The van der Waals surface area contributed by atoms with Gasteiger partial charge in [-0.05, 0) is 48.9 Å². The summed E-state index contributed by atoms with van der Waals surface area (Å²) in [6, 6.07) is 9.36. The normalized spacial score (nSPS) is 11.2. The standard InChI is InChI=1S/C16H15F2N3O2/c1-2-14(11-5-7-13(8-6-11)23-16(17)18)20-21-15(22)12-4-3-9-19-10-12/h2-10,16,20H,1H3,(H,21,22)/b14-2+. The van der Waals surface area contributed by atoms with Crippen LogP contribution in [0.1, 0.15) is 22.8 Å². The maximum absolute atomic E-state index is 12.1. The number of benzene rings is 1. The molecule has 120 valence electrons. The van der Waals surface area contributed by atoms with Gasteiger partial charge in [-0.15, -0.1) is 0 Å². The van der Waals surface area contributed by atoms with Crippen LogP contribution in [0.5, 0.6) is 5.75 Å². The molecule has 1 aromatic carbocycles. The van der Waals surface area contributed by atoms with Gasteiger partial charge in [-0.3, -0.25) is 20.6 Å². The van der Waals surface area contributed by atoms with Gasteiger partial charge in [0.25, 0.3) is 5.91 Å². The average molecular weight is 319 g/mol. The van der Waals surface area contributed by atoms with E-state index in [9.17, 15) is 13.6 Å². The molecule has 2 aromatic rings. The van der Waals surface area contributed by atoms with Crippen LogP contribution in [0.25, 0.3) is 5.70 Å². The lowest BCUT2D eigenvalue weighted by molar-refractivity contribution is -0.0498. The molecule has 2 rings (SSSR count). The van der Waals surface area contributed by atoms with Gasteiger partial charge in [0.2, 0.25) is 0 Å². The van der Waals surface area contributed by atoms with E-state index in [4.69, 9.17) is 0 Å². The summed E-state index contributed by atoms with van der Waals surface area (Å²) in [5, 5.41) is 0. The lowest BCUT2D eigenvalue weighted by Crippen LogP contribution is -2.36. The number of allylic oxidation sites excluding steroid dienone is 1. The molecule has 0 aliphatic rings. The number of rotatable bonds is 6. The number of aromatic nitrogens is 1. The Labute approximate surface area is 132 Å². The summed E-state index contributed by atoms with van der Waals surface area (Å²) < 4.78 is 28.5. The molecule has 0 aliphatic heterocycles. The molecule has 7 heteroatoms. The van der Waals surface area contributed by atoms with Crippen LogP contribution in [-0.4, -0.2) is 17.5 Å². The maximum atomic E-state index is 12.1. The van der Waals surface area contributed by atoms with Crippen LogP contribution < -0.4 is 15.6 Å². The Hall–Kier alpha value is -2.96. The van der Waals surface area contributed by atoms with E-state index in [1.54, 1.807) is 43.5 Å². The van der Waals surface area contributed by atoms with Gasteiger partial charge in [0.05, 0.1) is 11.3 Å². The maximum Gasteiger partial charge on any atom is 0.387 e. The number of hydrazine groups is 1. The second-order valence-electron chi connectivity index (χ2n) is 4.43. The zero-order valence-corrected chi connectivity index (χ0v) is 12.3. The van der Waals surface area contributed by atoms with Crippen molar-refractivity contribution in [2.45, 2.75) is 13.5 Å². The summed E-state index contributed by atoms with van der Waals surface area (Å²) in [7, 11) is 0. The number of pyridine rings is 1. The minimum Gasteiger partial charge on any atom is -0.435 e. The van der Waals surface area contributed by atoms with Crippen LogP contribution in [0, 0.1) is 0 Å². The van der Waals surface area contributed by atoms with Crippen molar-refractivity contribution in [1.29, 1.82) is 0 Å². The molecule has 0 radical (unpaired) electrons. The van der Waals surface area contributed by atoms with E-state index in [0.717, 1.165) is 0 Å². The third-order valence-electron chi connectivity index (χ3n) is 2.91. The highest BCUT2D eigenvalue weighted by atomic mass is 19.3. The van der Waals surface area contributed by atoms with Gasteiger partial charge in [-0.2, -0.15) is 8.78 Å². The molecule has 0 saturated carbocycles. The molecular weight excluding hydrogens is 304 g/mol. The van der Waals surface area contributed by atoms with Gasteiger partial charge in [0.15, 0.2) is 0 Å². The fourth-order valence-electron chi connectivity index (χ4n) is 1.82. The molecule has 1 aromatic heterocycles. The number of halogens is 2. The van der Waals surface area contributed by atoms with Crippen molar-refractivity contribution in [3.63, 3.8) is 0 Å². The summed E-state index contributed by atoms with van der Waals surface area (Å²) in [5.74, 6) is -0.270. The quantitative estimate of drug-likeness (QED) is 0.804. The second-order valence-corrected chi connectivity index (χ2v) is 4.43. The third-order valence-corrected chi connectivity index (χ3v) is 2.91. The van der Waals surface area contributed by atoms with Gasteiger partial charge in [0, 0.05) is 12.4 Å². The Morgan fingerprint density at radius 3 is 2.48 bits per heavy atom. The van der Waals surface area contributed by atoms with Crippen molar-refractivity contribution >= 4 is 11.6 Å². The van der Waals surface area contributed by atoms with E-state index >= 15 is 0 Å². The van der Waals surface area contributed by atoms with Gasteiger partial charge in [-0.1, -0.05) is 6.08 Å². The predicted molar refractivity (Wildman–Crippen MR) is 81.6 cm³/mol. The third kappa shape index (κ3) is 4.77. The highest BCUT2D eigenvalue weighted by Crippen LogP contribution is 2.18. The number of carbonyl (C=O) groups excluding carboxylic acids is 1. The zero-order chi connectivity index (χ0) is 16.7. The minimum absolute atomic E-state index is 0.0681. The van der Waals surface area contributed by atoms with Crippen LogP contribution in [-0.2, 0) is 0 Å². The first-order valence-electron chi connectivity index (χ1n) is 6.78. The molecule has 1 heterocycles. The smallest absolute Gasteiger partial charge is 0.387 e. The predicted octanol–water partition coefficient (Wildman–Crippen LogP) is 2.98.